The van der Waals surface area contributed by atoms with Gasteiger partial charge in [0.1, 0.15) is 0 Å². The highest BCUT2D eigenvalue weighted by Crippen LogP contribution is 2.10. The summed E-state index contributed by atoms with van der Waals surface area (Å²) in [5.41, 5.74) is 6.75. The fraction of sp³-hybridized carbons (Fsp3) is 0.316. The van der Waals surface area contributed by atoms with Crippen molar-refractivity contribution in [1.82, 2.24) is 15.1 Å². The van der Waals surface area contributed by atoms with Gasteiger partial charge in [-0.2, -0.15) is 0 Å². The van der Waals surface area contributed by atoms with E-state index in [0.29, 0.717) is 44.0 Å². The van der Waals surface area contributed by atoms with E-state index in [1.54, 1.807) is 42.3 Å². The van der Waals surface area contributed by atoms with Gasteiger partial charge in [-0.05, 0) is 29.8 Å². The van der Waals surface area contributed by atoms with Gasteiger partial charge in [0.05, 0.1) is 6.26 Å². The van der Waals surface area contributed by atoms with Crippen LogP contribution in [-0.2, 0) is 6.54 Å². The van der Waals surface area contributed by atoms with Crippen molar-refractivity contribution in [2.45, 2.75) is 6.54 Å². The molecule has 27 heavy (non-hydrogen) atoms. The number of primary amides is 1. The van der Waals surface area contributed by atoms with Crippen LogP contribution < -0.4 is 11.1 Å². The van der Waals surface area contributed by atoms with E-state index in [-0.39, 0.29) is 5.91 Å². The lowest BCUT2D eigenvalue weighted by Gasteiger charge is -2.36. The lowest BCUT2D eigenvalue weighted by Crippen LogP contribution is -2.53. The molecule has 0 aliphatic carbocycles. The summed E-state index contributed by atoms with van der Waals surface area (Å²) in [4.78, 5) is 31.8. The second-order valence-electron chi connectivity index (χ2n) is 6.22. The minimum absolute atomic E-state index is 0.0918. The number of carbonyl (C=O) groups excluding carboxylic acids is 2. The molecular formula is C19H23N5O3. The number of rotatable bonds is 4. The maximum absolute atomic E-state index is 12.3. The van der Waals surface area contributed by atoms with E-state index in [1.807, 2.05) is 6.07 Å². The van der Waals surface area contributed by atoms with Gasteiger partial charge in [0.2, 0.25) is 5.91 Å². The van der Waals surface area contributed by atoms with Crippen LogP contribution in [0.4, 0.5) is 0 Å². The van der Waals surface area contributed by atoms with Crippen LogP contribution in [0.1, 0.15) is 26.5 Å². The second-order valence-corrected chi connectivity index (χ2v) is 6.22. The number of amides is 2. The van der Waals surface area contributed by atoms with Crippen molar-refractivity contribution in [3.8, 4) is 0 Å². The summed E-state index contributed by atoms with van der Waals surface area (Å²) in [6, 6.07) is 10.6. The predicted molar refractivity (Wildman–Crippen MR) is 101 cm³/mol. The van der Waals surface area contributed by atoms with Crippen LogP contribution in [0.5, 0.6) is 0 Å². The van der Waals surface area contributed by atoms with Crippen LogP contribution in [0.25, 0.3) is 0 Å². The first-order valence-electron chi connectivity index (χ1n) is 8.75. The molecule has 1 aliphatic rings. The molecule has 0 atom stereocenters. The first kappa shape index (κ1) is 18.5. The van der Waals surface area contributed by atoms with E-state index in [4.69, 9.17) is 10.2 Å². The van der Waals surface area contributed by atoms with E-state index in [9.17, 15) is 9.59 Å². The summed E-state index contributed by atoms with van der Waals surface area (Å²) in [5, 5.41) is 3.30. The van der Waals surface area contributed by atoms with Crippen LogP contribution in [0.3, 0.4) is 0 Å². The van der Waals surface area contributed by atoms with Gasteiger partial charge in [-0.1, -0.05) is 12.1 Å². The Morgan fingerprint density at radius 3 is 2.52 bits per heavy atom. The summed E-state index contributed by atoms with van der Waals surface area (Å²) in [6.45, 7) is 3.06. The van der Waals surface area contributed by atoms with Gasteiger partial charge >= 0.3 is 0 Å². The Labute approximate surface area is 157 Å². The molecule has 1 aromatic heterocycles. The van der Waals surface area contributed by atoms with Gasteiger partial charge in [0.25, 0.3) is 5.91 Å². The summed E-state index contributed by atoms with van der Waals surface area (Å²) < 4.78 is 5.18. The van der Waals surface area contributed by atoms with E-state index in [1.165, 1.54) is 6.26 Å². The van der Waals surface area contributed by atoms with Crippen LogP contribution in [0, 0.1) is 0 Å². The maximum Gasteiger partial charge on any atom is 0.289 e. The molecule has 2 heterocycles. The number of nitrogens with one attached hydrogen (secondary N) is 1. The minimum Gasteiger partial charge on any atom is -0.459 e. The number of nitrogens with zero attached hydrogens (tertiary/aromatic N) is 3. The number of nitrogens with two attached hydrogens (primary N) is 1. The minimum atomic E-state index is -0.446. The standard InChI is InChI=1S/C19H23N5O3/c1-21-19(22-13-14-4-2-5-15(12-14)17(20)25)24-9-7-23(8-10-24)18(26)16-6-3-11-27-16/h2-6,11-12H,7-10,13H2,1H3,(H2,20,25)(H,21,22). The maximum atomic E-state index is 12.3. The highest BCUT2D eigenvalue weighted by atomic mass is 16.3. The molecule has 1 saturated heterocycles. The fourth-order valence-electron chi connectivity index (χ4n) is 3.03. The molecule has 1 fully saturated rings. The molecule has 2 aromatic rings. The van der Waals surface area contributed by atoms with Crippen LogP contribution in [-0.4, -0.2) is 60.8 Å². The lowest BCUT2D eigenvalue weighted by molar-refractivity contribution is 0.0657. The lowest BCUT2D eigenvalue weighted by atomic mass is 10.1. The quantitative estimate of drug-likeness (QED) is 0.616. The van der Waals surface area contributed by atoms with Crippen molar-refractivity contribution in [2.75, 3.05) is 33.2 Å². The Hall–Kier alpha value is -3.29. The number of hydrogen-bond acceptors (Lipinski definition) is 4. The van der Waals surface area contributed by atoms with Gasteiger partial charge in [-0.15, -0.1) is 0 Å². The van der Waals surface area contributed by atoms with E-state index in [2.05, 4.69) is 15.2 Å². The first-order chi connectivity index (χ1) is 13.1. The third kappa shape index (κ3) is 4.46. The topological polar surface area (TPSA) is 104 Å². The SMILES string of the molecule is CN=C(NCc1cccc(C(N)=O)c1)N1CCN(C(=O)c2ccco2)CC1. The molecule has 0 saturated carbocycles. The number of piperazine rings is 1. The second kappa shape index (κ2) is 8.39. The molecule has 3 rings (SSSR count). The predicted octanol–water partition coefficient (Wildman–Crippen LogP) is 0.912. The molecule has 3 N–H and O–H groups in total. The number of guanidine groups is 1. The Morgan fingerprint density at radius 1 is 1.15 bits per heavy atom. The van der Waals surface area contributed by atoms with Gasteiger partial charge in [0.15, 0.2) is 11.7 Å². The highest BCUT2D eigenvalue weighted by molar-refractivity contribution is 5.93. The van der Waals surface area contributed by atoms with Crippen LogP contribution in [0.2, 0.25) is 0 Å². The Morgan fingerprint density at radius 2 is 1.89 bits per heavy atom. The normalized spacial score (nSPS) is 14.9. The highest BCUT2D eigenvalue weighted by Gasteiger charge is 2.25. The molecule has 8 heteroatoms. The number of aliphatic imine (C=N–C) groups is 1. The molecule has 8 nitrogen and oxygen atoms in total. The van der Waals surface area contributed by atoms with Crippen molar-refractivity contribution in [3.63, 3.8) is 0 Å². The number of hydrogen-bond donors (Lipinski definition) is 2. The molecule has 142 valence electrons. The molecule has 0 unspecified atom stereocenters. The Bertz CT molecular complexity index is 824. The van der Waals surface area contributed by atoms with E-state index in [0.717, 1.165) is 11.5 Å². The van der Waals surface area contributed by atoms with Crippen LogP contribution >= 0.6 is 0 Å². The number of benzene rings is 1. The molecule has 1 aliphatic heterocycles. The average Bonchev–Trinajstić information content (AvgIpc) is 3.23. The molecular weight excluding hydrogens is 346 g/mol. The van der Waals surface area contributed by atoms with Gasteiger partial charge in [-0.25, -0.2) is 0 Å². The summed E-state index contributed by atoms with van der Waals surface area (Å²) in [6.07, 6.45) is 1.50. The largest absolute Gasteiger partial charge is 0.459 e. The summed E-state index contributed by atoms with van der Waals surface area (Å²) in [7, 11) is 1.72. The van der Waals surface area contributed by atoms with Crippen molar-refractivity contribution < 1.29 is 14.0 Å². The smallest absolute Gasteiger partial charge is 0.289 e. The summed E-state index contributed by atoms with van der Waals surface area (Å²) in [5.74, 6) is 0.578. The zero-order chi connectivity index (χ0) is 19.2. The van der Waals surface area contributed by atoms with Gasteiger partial charge in [0, 0.05) is 45.3 Å². The number of furan rings is 1. The third-order valence-electron chi connectivity index (χ3n) is 4.47. The average molecular weight is 369 g/mol. The molecule has 0 spiro atoms. The summed E-state index contributed by atoms with van der Waals surface area (Å²) >= 11 is 0. The molecule has 1 aromatic carbocycles. The number of carbonyl (C=O) groups is 2. The van der Waals surface area contributed by atoms with Crippen molar-refractivity contribution >= 4 is 17.8 Å². The molecule has 0 bridgehead atoms. The van der Waals surface area contributed by atoms with Crippen molar-refractivity contribution in [1.29, 1.82) is 0 Å². The van der Waals surface area contributed by atoms with Crippen LogP contribution in [0.15, 0.2) is 52.1 Å². The van der Waals surface area contributed by atoms with Crippen molar-refractivity contribution in [3.05, 3.63) is 59.5 Å². The Balaban J connectivity index is 1.54. The molecule has 0 radical (unpaired) electrons. The first-order valence-corrected chi connectivity index (χ1v) is 8.75. The van der Waals surface area contributed by atoms with E-state index < -0.39 is 5.91 Å². The zero-order valence-corrected chi connectivity index (χ0v) is 15.2. The third-order valence-corrected chi connectivity index (χ3v) is 4.47. The van der Waals surface area contributed by atoms with Gasteiger partial charge < -0.3 is 25.3 Å². The van der Waals surface area contributed by atoms with Gasteiger partial charge in [-0.3, -0.25) is 14.6 Å². The fourth-order valence-corrected chi connectivity index (χ4v) is 3.03. The Kier molecular flexibility index (Phi) is 5.75. The molecule has 2 amide bonds. The van der Waals surface area contributed by atoms with Crippen molar-refractivity contribution in [2.24, 2.45) is 10.7 Å². The monoisotopic (exact) mass is 369 g/mol. The zero-order valence-electron chi connectivity index (χ0n) is 15.2. The van der Waals surface area contributed by atoms with E-state index >= 15 is 0 Å².